The molecule has 3 aromatic heterocycles. The van der Waals surface area contributed by atoms with Crippen molar-refractivity contribution in [1.29, 1.82) is 0 Å². The van der Waals surface area contributed by atoms with Crippen LogP contribution in [0.2, 0.25) is 0 Å². The number of aromatic nitrogens is 4. The van der Waals surface area contributed by atoms with E-state index >= 15 is 0 Å². The van der Waals surface area contributed by atoms with Gasteiger partial charge in [-0.2, -0.15) is 0 Å². The number of aliphatic hydroxyl groups excluding tert-OH is 1. The minimum atomic E-state index is -0.198. The monoisotopic (exact) mass is 386 g/mol. The van der Waals surface area contributed by atoms with Gasteiger partial charge in [0.25, 0.3) is 5.56 Å². The molecular weight excluding hydrogens is 368 g/mol. The number of hydrogen-bond acceptors (Lipinski definition) is 3. The molecule has 0 saturated carbocycles. The normalized spacial score (nSPS) is 13.3. The highest BCUT2D eigenvalue weighted by Gasteiger charge is 2.12. The topological polar surface area (TPSA) is 110 Å². The zero-order chi connectivity index (χ0) is 20.0. The quantitative estimate of drug-likeness (QED) is 0.328. The van der Waals surface area contributed by atoms with Crippen LogP contribution < -0.4 is 21.0 Å². The van der Waals surface area contributed by atoms with Gasteiger partial charge in [-0.15, -0.1) is 0 Å². The van der Waals surface area contributed by atoms with Crippen LogP contribution in [0.4, 0.5) is 0 Å². The second kappa shape index (κ2) is 6.49. The number of imidazole rings is 1. The van der Waals surface area contributed by atoms with Gasteiger partial charge in [0, 0.05) is 17.1 Å². The molecule has 0 atom stereocenters. The zero-order valence-electron chi connectivity index (χ0n) is 15.5. The maximum Gasteiger partial charge on any atom is 0.256 e. The maximum absolute atomic E-state index is 12.7. The molecule has 29 heavy (non-hydrogen) atoms. The molecule has 7 nitrogen and oxygen atoms in total. The fourth-order valence-electron chi connectivity index (χ4n) is 3.61. The number of fused-ring (bicyclic) bond motifs is 3. The standard InChI is InChI=1S/C22H18N4O3/c1-29-17-9-10-23-16(17)11-13-18-14(25-22(13)28)7-8-15-19(18)26-21(24-15)20(27)12-5-3-2-4-6-12/h2-11,23-24,26-27H,1H3,(H,25,28). The number of benzene rings is 2. The highest BCUT2D eigenvalue weighted by atomic mass is 16.5. The van der Waals surface area contributed by atoms with Crippen molar-refractivity contribution >= 4 is 33.8 Å². The molecule has 3 heterocycles. The van der Waals surface area contributed by atoms with Gasteiger partial charge in [-0.1, -0.05) is 30.3 Å². The minimum absolute atomic E-state index is 0.101. The van der Waals surface area contributed by atoms with Crippen molar-refractivity contribution in [3.63, 3.8) is 0 Å². The lowest BCUT2D eigenvalue weighted by molar-refractivity contribution is 0.414. The number of aliphatic hydroxyl groups is 1. The Labute approximate surface area is 164 Å². The summed E-state index contributed by atoms with van der Waals surface area (Å²) in [4.78, 5) is 25.1. The second-order valence-electron chi connectivity index (χ2n) is 6.72. The molecule has 7 heteroatoms. The molecule has 5 N–H and O–H groups in total. The van der Waals surface area contributed by atoms with E-state index in [2.05, 4.69) is 19.9 Å². The molecule has 0 saturated heterocycles. The number of H-pyrrole nitrogens is 4. The molecule has 0 aliphatic rings. The third kappa shape index (κ3) is 2.71. The smallest absolute Gasteiger partial charge is 0.256 e. The Hall–Kier alpha value is -4.13. The summed E-state index contributed by atoms with van der Waals surface area (Å²) in [7, 11) is 1.58. The van der Waals surface area contributed by atoms with Crippen LogP contribution >= 0.6 is 0 Å². The Kier molecular flexibility index (Phi) is 3.80. The van der Waals surface area contributed by atoms with Crippen LogP contribution in [0, 0.1) is 0 Å². The summed E-state index contributed by atoms with van der Waals surface area (Å²) in [6.07, 6.45) is 3.52. The Morgan fingerprint density at radius 1 is 1.00 bits per heavy atom. The Balaban J connectivity index is 1.84. The van der Waals surface area contributed by atoms with Crippen molar-refractivity contribution in [2.45, 2.75) is 0 Å². The summed E-state index contributed by atoms with van der Waals surface area (Å²) < 4.78 is 5.33. The van der Waals surface area contributed by atoms with Gasteiger partial charge in [-0.25, -0.2) is 0 Å². The summed E-state index contributed by atoms with van der Waals surface area (Å²) >= 11 is 0. The predicted octanol–water partition coefficient (Wildman–Crippen LogP) is 2.22. The average Bonchev–Trinajstić information content (AvgIpc) is 3.45. The summed E-state index contributed by atoms with van der Waals surface area (Å²) in [6, 6.07) is 14.8. The summed E-state index contributed by atoms with van der Waals surface area (Å²) in [5.41, 5.74) is 3.88. The second-order valence-corrected chi connectivity index (χ2v) is 6.72. The fourth-order valence-corrected chi connectivity index (χ4v) is 3.61. The van der Waals surface area contributed by atoms with Crippen molar-refractivity contribution in [2.24, 2.45) is 0 Å². The predicted molar refractivity (Wildman–Crippen MR) is 113 cm³/mol. The minimum Gasteiger partial charge on any atom is -0.504 e. The van der Waals surface area contributed by atoms with Crippen molar-refractivity contribution < 1.29 is 9.84 Å². The van der Waals surface area contributed by atoms with Crippen LogP contribution in [-0.4, -0.2) is 32.2 Å². The molecule has 0 aliphatic heterocycles. The number of ether oxygens (including phenoxy) is 1. The first kappa shape index (κ1) is 17.0. The van der Waals surface area contributed by atoms with E-state index in [1.54, 1.807) is 25.4 Å². The van der Waals surface area contributed by atoms with Gasteiger partial charge in [-0.3, -0.25) is 4.79 Å². The largest absolute Gasteiger partial charge is 0.504 e. The third-order valence-electron chi connectivity index (χ3n) is 5.01. The molecule has 2 aromatic carbocycles. The van der Waals surface area contributed by atoms with Crippen LogP contribution in [-0.2, 0) is 0 Å². The summed E-state index contributed by atoms with van der Waals surface area (Å²) in [5.74, 6) is 0.754. The van der Waals surface area contributed by atoms with Crippen LogP contribution in [0.3, 0.4) is 0 Å². The van der Waals surface area contributed by atoms with E-state index in [0.29, 0.717) is 33.2 Å². The van der Waals surface area contributed by atoms with Crippen LogP contribution in [0.15, 0.2) is 59.5 Å². The molecule has 0 spiro atoms. The molecule has 0 bridgehead atoms. The van der Waals surface area contributed by atoms with E-state index in [1.807, 2.05) is 42.5 Å². The highest BCUT2D eigenvalue weighted by molar-refractivity contribution is 6.03. The van der Waals surface area contributed by atoms with Gasteiger partial charge in [0.1, 0.15) is 5.75 Å². The summed E-state index contributed by atoms with van der Waals surface area (Å²) in [6.45, 7) is 0. The van der Waals surface area contributed by atoms with Gasteiger partial charge in [0.15, 0.2) is 11.2 Å². The van der Waals surface area contributed by atoms with E-state index < -0.39 is 0 Å². The fraction of sp³-hybridized carbons (Fsp3) is 0.0455. The van der Waals surface area contributed by atoms with Crippen molar-refractivity contribution in [2.75, 3.05) is 7.11 Å². The van der Waals surface area contributed by atoms with Crippen molar-refractivity contribution in [3.05, 3.63) is 87.0 Å². The van der Waals surface area contributed by atoms with Crippen LogP contribution in [0.25, 0.3) is 33.8 Å². The summed E-state index contributed by atoms with van der Waals surface area (Å²) in [5, 5.41) is 11.9. The first-order valence-electron chi connectivity index (χ1n) is 9.10. The Morgan fingerprint density at radius 2 is 1.79 bits per heavy atom. The highest BCUT2D eigenvalue weighted by Crippen LogP contribution is 2.19. The molecule has 0 aliphatic carbocycles. The lowest BCUT2D eigenvalue weighted by atomic mass is 10.1. The SMILES string of the molecule is COc1cc[nH]c1C=c1c(=O)[nH]c2ccc3[nH]c(=C(O)c4ccccc4)[nH]c3c12. The lowest BCUT2D eigenvalue weighted by Crippen LogP contribution is -2.21. The van der Waals surface area contributed by atoms with E-state index in [-0.39, 0.29) is 11.3 Å². The molecule has 0 fully saturated rings. The van der Waals surface area contributed by atoms with Gasteiger partial charge >= 0.3 is 0 Å². The average molecular weight is 386 g/mol. The Morgan fingerprint density at radius 3 is 2.59 bits per heavy atom. The van der Waals surface area contributed by atoms with Crippen molar-refractivity contribution in [3.8, 4) is 5.75 Å². The van der Waals surface area contributed by atoms with E-state index in [9.17, 15) is 9.90 Å². The van der Waals surface area contributed by atoms with Gasteiger partial charge in [-0.05, 0) is 24.3 Å². The number of aromatic amines is 4. The molecular formula is C22H18N4O3. The lowest BCUT2D eigenvalue weighted by Gasteiger charge is -1.97. The molecule has 5 rings (SSSR count). The number of rotatable bonds is 3. The Bertz CT molecular complexity index is 1520. The molecule has 0 radical (unpaired) electrons. The van der Waals surface area contributed by atoms with Gasteiger partial charge in [0.2, 0.25) is 0 Å². The molecule has 0 amide bonds. The van der Waals surface area contributed by atoms with E-state index in [1.165, 1.54) is 0 Å². The number of hydrogen-bond donors (Lipinski definition) is 5. The molecule has 0 unspecified atom stereocenters. The molecule has 5 aromatic rings. The van der Waals surface area contributed by atoms with Gasteiger partial charge < -0.3 is 29.8 Å². The van der Waals surface area contributed by atoms with Crippen LogP contribution in [0.5, 0.6) is 5.75 Å². The van der Waals surface area contributed by atoms with Crippen LogP contribution in [0.1, 0.15) is 11.3 Å². The number of nitrogens with one attached hydrogen (secondary N) is 4. The van der Waals surface area contributed by atoms with Gasteiger partial charge in [0.05, 0.1) is 34.6 Å². The number of methoxy groups -OCH3 is 1. The maximum atomic E-state index is 12.7. The first-order valence-corrected chi connectivity index (χ1v) is 9.10. The van der Waals surface area contributed by atoms with E-state index in [0.717, 1.165) is 16.4 Å². The van der Waals surface area contributed by atoms with Crippen molar-refractivity contribution in [1.82, 2.24) is 19.9 Å². The third-order valence-corrected chi connectivity index (χ3v) is 5.01. The zero-order valence-corrected chi connectivity index (χ0v) is 15.5. The first-order chi connectivity index (χ1) is 14.2. The molecule has 144 valence electrons. The van der Waals surface area contributed by atoms with E-state index in [4.69, 9.17) is 4.74 Å².